The number of hydrogen-bond donors (Lipinski definition) is 1. The van der Waals surface area contributed by atoms with E-state index in [1.165, 1.54) is 0 Å². The predicted molar refractivity (Wildman–Crippen MR) is 84.5 cm³/mol. The fraction of sp³-hybridized carbons (Fsp3) is 0.571. The Kier molecular flexibility index (Phi) is 5.76. The average Bonchev–Trinajstić information content (AvgIpc) is 2.34. The summed E-state index contributed by atoms with van der Waals surface area (Å²) in [6.07, 6.45) is 0.760. The molecule has 1 aromatic rings. The molecule has 0 aromatic heterocycles. The monoisotopic (exact) mass is 299 g/mol. The highest BCUT2D eigenvalue weighted by molar-refractivity contribution is 7.89. The first-order valence-electron chi connectivity index (χ1n) is 6.78. The molecule has 3 nitrogen and oxygen atoms in total. The Morgan fingerprint density at radius 2 is 1.74 bits per heavy atom. The standard InChI is InChI=1S/C14H25NO2SSi/c1-5-14(13-9-7-6-8-10-13)15-18(16,17)11-12-19(2,3)4/h6-10,14-15H,5,11-12H2,1-4H3/t14-/m0/s1. The van der Waals surface area contributed by atoms with Crippen molar-refractivity contribution in [3.05, 3.63) is 35.9 Å². The Morgan fingerprint density at radius 1 is 1.16 bits per heavy atom. The number of rotatable bonds is 7. The van der Waals surface area contributed by atoms with Gasteiger partial charge in [-0.15, -0.1) is 0 Å². The van der Waals surface area contributed by atoms with Gasteiger partial charge in [-0.2, -0.15) is 0 Å². The van der Waals surface area contributed by atoms with E-state index in [4.69, 9.17) is 0 Å². The molecule has 0 saturated carbocycles. The van der Waals surface area contributed by atoms with Crippen molar-refractivity contribution in [2.24, 2.45) is 0 Å². The molecule has 0 aliphatic rings. The maximum atomic E-state index is 12.1. The first-order valence-corrected chi connectivity index (χ1v) is 12.1. The second kappa shape index (κ2) is 6.68. The van der Waals surface area contributed by atoms with Crippen molar-refractivity contribution in [3.8, 4) is 0 Å². The van der Waals surface area contributed by atoms with Gasteiger partial charge in [0.2, 0.25) is 10.0 Å². The van der Waals surface area contributed by atoms with Crippen molar-refractivity contribution in [1.82, 2.24) is 4.72 Å². The third kappa shape index (κ3) is 6.36. The van der Waals surface area contributed by atoms with Gasteiger partial charge in [0.15, 0.2) is 0 Å². The molecule has 0 amide bonds. The summed E-state index contributed by atoms with van der Waals surface area (Å²) >= 11 is 0. The molecule has 0 bridgehead atoms. The van der Waals surface area contributed by atoms with Crippen LogP contribution in [0.1, 0.15) is 24.9 Å². The van der Waals surface area contributed by atoms with Crippen molar-refractivity contribution < 1.29 is 8.42 Å². The molecule has 0 heterocycles. The van der Waals surface area contributed by atoms with Gasteiger partial charge in [-0.3, -0.25) is 0 Å². The van der Waals surface area contributed by atoms with E-state index in [0.717, 1.165) is 18.0 Å². The van der Waals surface area contributed by atoms with Crippen LogP contribution in [-0.4, -0.2) is 22.2 Å². The molecule has 1 rings (SSSR count). The maximum absolute atomic E-state index is 12.1. The van der Waals surface area contributed by atoms with Crippen molar-refractivity contribution in [2.75, 3.05) is 5.75 Å². The van der Waals surface area contributed by atoms with E-state index in [2.05, 4.69) is 24.4 Å². The van der Waals surface area contributed by atoms with Crippen LogP contribution in [0.5, 0.6) is 0 Å². The average molecular weight is 300 g/mol. The highest BCUT2D eigenvalue weighted by Crippen LogP contribution is 2.18. The third-order valence-corrected chi connectivity index (χ3v) is 6.55. The summed E-state index contributed by atoms with van der Waals surface area (Å²) in [6.45, 7) is 8.57. The van der Waals surface area contributed by atoms with E-state index in [-0.39, 0.29) is 11.8 Å². The lowest BCUT2D eigenvalue weighted by atomic mass is 10.1. The number of hydrogen-bond acceptors (Lipinski definition) is 2. The Morgan fingerprint density at radius 3 is 2.21 bits per heavy atom. The number of sulfonamides is 1. The van der Waals surface area contributed by atoms with Crippen LogP contribution in [0.4, 0.5) is 0 Å². The predicted octanol–water partition coefficient (Wildman–Crippen LogP) is 3.40. The summed E-state index contributed by atoms with van der Waals surface area (Å²) in [5.74, 6) is 0.242. The Bertz CT molecular complexity index is 480. The molecule has 0 saturated heterocycles. The van der Waals surface area contributed by atoms with Gasteiger partial charge in [0.05, 0.1) is 5.75 Å². The summed E-state index contributed by atoms with van der Waals surface area (Å²) < 4.78 is 27.1. The van der Waals surface area contributed by atoms with Crippen molar-refractivity contribution in [1.29, 1.82) is 0 Å². The van der Waals surface area contributed by atoms with E-state index >= 15 is 0 Å². The van der Waals surface area contributed by atoms with Crippen molar-refractivity contribution in [2.45, 2.75) is 45.1 Å². The van der Waals surface area contributed by atoms with Gasteiger partial charge >= 0.3 is 0 Å². The summed E-state index contributed by atoms with van der Waals surface area (Å²) in [7, 11) is -4.52. The minimum atomic E-state index is -3.19. The van der Waals surface area contributed by atoms with E-state index in [0.29, 0.717) is 0 Å². The molecule has 0 spiro atoms. The van der Waals surface area contributed by atoms with Crippen molar-refractivity contribution in [3.63, 3.8) is 0 Å². The molecule has 1 aromatic carbocycles. The Balaban J connectivity index is 2.70. The van der Waals surface area contributed by atoms with Crippen LogP contribution in [0.25, 0.3) is 0 Å². The summed E-state index contributed by atoms with van der Waals surface area (Å²) in [5, 5.41) is 0. The number of nitrogens with one attached hydrogen (secondary N) is 1. The quantitative estimate of drug-likeness (QED) is 0.784. The molecule has 0 aliphatic heterocycles. The molecule has 108 valence electrons. The van der Waals surface area contributed by atoms with Crippen LogP contribution in [0, 0.1) is 0 Å². The largest absolute Gasteiger partial charge is 0.212 e. The lowest BCUT2D eigenvalue weighted by Gasteiger charge is -2.20. The maximum Gasteiger partial charge on any atom is 0.211 e. The number of benzene rings is 1. The fourth-order valence-corrected chi connectivity index (χ4v) is 6.17. The summed E-state index contributed by atoms with van der Waals surface area (Å²) in [4.78, 5) is 0. The highest BCUT2D eigenvalue weighted by atomic mass is 32.2. The molecule has 0 radical (unpaired) electrons. The van der Waals surface area contributed by atoms with Crippen LogP contribution in [0.2, 0.25) is 25.7 Å². The van der Waals surface area contributed by atoms with Gasteiger partial charge in [-0.1, -0.05) is 56.9 Å². The zero-order chi connectivity index (χ0) is 14.5. The van der Waals surface area contributed by atoms with Gasteiger partial charge in [0, 0.05) is 14.1 Å². The molecule has 1 N–H and O–H groups in total. The van der Waals surface area contributed by atoms with Gasteiger partial charge in [-0.05, 0) is 18.0 Å². The summed E-state index contributed by atoms with van der Waals surface area (Å²) in [5.41, 5.74) is 1.03. The van der Waals surface area contributed by atoms with E-state index in [1.807, 2.05) is 37.3 Å². The molecular formula is C14H25NO2SSi. The minimum Gasteiger partial charge on any atom is -0.212 e. The molecule has 0 fully saturated rings. The Labute approximate surface area is 118 Å². The van der Waals surface area contributed by atoms with E-state index in [9.17, 15) is 8.42 Å². The topological polar surface area (TPSA) is 46.2 Å². The zero-order valence-electron chi connectivity index (χ0n) is 12.3. The first kappa shape index (κ1) is 16.4. The molecule has 0 aliphatic carbocycles. The lowest BCUT2D eigenvalue weighted by molar-refractivity contribution is 0.551. The Hall–Kier alpha value is -0.653. The van der Waals surface area contributed by atoms with Crippen LogP contribution < -0.4 is 4.72 Å². The third-order valence-electron chi connectivity index (χ3n) is 3.05. The molecular weight excluding hydrogens is 274 g/mol. The van der Waals surface area contributed by atoms with Gasteiger partial charge in [-0.25, -0.2) is 13.1 Å². The normalized spacial score (nSPS) is 14.3. The molecule has 19 heavy (non-hydrogen) atoms. The van der Waals surface area contributed by atoms with Gasteiger partial charge < -0.3 is 0 Å². The molecule has 5 heteroatoms. The smallest absolute Gasteiger partial charge is 0.211 e. The second-order valence-electron chi connectivity index (χ2n) is 6.12. The van der Waals surface area contributed by atoms with Crippen LogP contribution in [-0.2, 0) is 10.0 Å². The highest BCUT2D eigenvalue weighted by Gasteiger charge is 2.21. The SMILES string of the molecule is CC[C@H](NS(=O)(=O)CC[Si](C)(C)C)c1ccccc1. The summed E-state index contributed by atoms with van der Waals surface area (Å²) in [6, 6.07) is 10.4. The van der Waals surface area contributed by atoms with E-state index in [1.54, 1.807) is 0 Å². The van der Waals surface area contributed by atoms with Crippen LogP contribution in [0.15, 0.2) is 30.3 Å². The van der Waals surface area contributed by atoms with Crippen LogP contribution in [0.3, 0.4) is 0 Å². The lowest BCUT2D eigenvalue weighted by Crippen LogP contribution is -2.33. The van der Waals surface area contributed by atoms with Gasteiger partial charge in [0.1, 0.15) is 0 Å². The molecule has 1 atom stereocenters. The molecule has 0 unspecified atom stereocenters. The van der Waals surface area contributed by atoms with Crippen molar-refractivity contribution >= 4 is 18.1 Å². The minimum absolute atomic E-state index is 0.118. The second-order valence-corrected chi connectivity index (χ2v) is 13.6. The fourth-order valence-electron chi connectivity index (χ4n) is 1.79. The first-order chi connectivity index (χ1) is 8.73. The van der Waals surface area contributed by atoms with Crippen LogP contribution >= 0.6 is 0 Å². The van der Waals surface area contributed by atoms with Gasteiger partial charge in [0.25, 0.3) is 0 Å². The zero-order valence-corrected chi connectivity index (χ0v) is 14.1. The van der Waals surface area contributed by atoms with E-state index < -0.39 is 18.1 Å².